The van der Waals surface area contributed by atoms with Crippen molar-refractivity contribution in [2.24, 2.45) is 0 Å². The van der Waals surface area contributed by atoms with Gasteiger partial charge in [-0.2, -0.15) is 4.72 Å². The minimum atomic E-state index is -4.15. The standard InChI is InChI=1S/C23H27N3O9S3/c1-36(29,30)20(23(28)19-12-17-14-24-10-8-18(17)35-19)9-11-25-21(27)13-22(26-37(2,31)32)38(33,34)15-16-6-4-3-5-7-16/h3-8,10,12,14,20,22,26H,9,11,13,15H2,1-2H3,(H,25,27). The third-order valence-corrected chi connectivity index (χ3v) is 9.69. The van der Waals surface area contributed by atoms with E-state index in [9.17, 15) is 34.8 Å². The van der Waals surface area contributed by atoms with Crippen molar-refractivity contribution in [2.45, 2.75) is 29.2 Å². The Bertz CT molecular complexity index is 1600. The van der Waals surface area contributed by atoms with Crippen LogP contribution in [-0.2, 0) is 40.2 Å². The average Bonchev–Trinajstić information content (AvgIpc) is 3.24. The zero-order valence-corrected chi connectivity index (χ0v) is 23.0. The van der Waals surface area contributed by atoms with Crippen LogP contribution in [0.5, 0.6) is 0 Å². The van der Waals surface area contributed by atoms with Gasteiger partial charge in [-0.1, -0.05) is 30.3 Å². The number of benzene rings is 1. The molecule has 0 bridgehead atoms. The number of pyridine rings is 1. The van der Waals surface area contributed by atoms with E-state index in [-0.39, 0.29) is 18.7 Å². The first kappa shape index (κ1) is 29.4. The van der Waals surface area contributed by atoms with Crippen LogP contribution in [0.4, 0.5) is 0 Å². The van der Waals surface area contributed by atoms with Crippen LogP contribution < -0.4 is 10.0 Å². The van der Waals surface area contributed by atoms with Crippen LogP contribution in [0.2, 0.25) is 0 Å². The van der Waals surface area contributed by atoms with Gasteiger partial charge in [0.1, 0.15) is 16.2 Å². The van der Waals surface area contributed by atoms with Gasteiger partial charge < -0.3 is 9.73 Å². The fourth-order valence-corrected chi connectivity index (χ4v) is 7.66. The average molecular weight is 586 g/mol. The summed E-state index contributed by atoms with van der Waals surface area (Å²) in [7, 11) is -12.1. The molecule has 2 atom stereocenters. The van der Waals surface area contributed by atoms with E-state index in [1.165, 1.54) is 24.5 Å². The van der Waals surface area contributed by atoms with E-state index in [2.05, 4.69) is 10.3 Å². The molecule has 0 aliphatic heterocycles. The summed E-state index contributed by atoms with van der Waals surface area (Å²) in [5.74, 6) is -2.34. The monoisotopic (exact) mass is 585 g/mol. The Balaban J connectivity index is 1.69. The quantitative estimate of drug-likeness (QED) is 0.272. The molecule has 12 nitrogen and oxygen atoms in total. The molecular formula is C23H27N3O9S3. The molecule has 2 unspecified atom stereocenters. The fraction of sp³-hybridized carbons (Fsp3) is 0.348. The van der Waals surface area contributed by atoms with Gasteiger partial charge in [0, 0.05) is 30.6 Å². The molecule has 0 aliphatic carbocycles. The highest BCUT2D eigenvalue weighted by atomic mass is 32.2. The molecule has 15 heteroatoms. The van der Waals surface area contributed by atoms with Crippen LogP contribution >= 0.6 is 0 Å². The minimum Gasteiger partial charge on any atom is -0.453 e. The molecule has 0 radical (unpaired) electrons. The van der Waals surface area contributed by atoms with Crippen molar-refractivity contribution in [1.82, 2.24) is 15.0 Å². The lowest BCUT2D eigenvalue weighted by Gasteiger charge is -2.18. The number of rotatable bonds is 13. The van der Waals surface area contributed by atoms with Gasteiger partial charge in [-0.05, 0) is 24.1 Å². The van der Waals surface area contributed by atoms with Gasteiger partial charge in [0.05, 0.1) is 18.4 Å². The van der Waals surface area contributed by atoms with Crippen LogP contribution in [-0.4, -0.2) is 71.6 Å². The molecule has 0 spiro atoms. The molecule has 2 N–H and O–H groups in total. The molecule has 3 aromatic rings. The number of amides is 1. The van der Waals surface area contributed by atoms with Gasteiger partial charge in [0.25, 0.3) is 0 Å². The number of fused-ring (bicyclic) bond motifs is 1. The van der Waals surface area contributed by atoms with E-state index in [0.29, 0.717) is 16.5 Å². The lowest BCUT2D eigenvalue weighted by Crippen LogP contribution is -2.44. The van der Waals surface area contributed by atoms with Crippen LogP contribution in [0.15, 0.2) is 59.3 Å². The minimum absolute atomic E-state index is 0.181. The van der Waals surface area contributed by atoms with Gasteiger partial charge in [-0.15, -0.1) is 0 Å². The molecule has 2 heterocycles. The summed E-state index contributed by atoms with van der Waals surface area (Å²) >= 11 is 0. The van der Waals surface area contributed by atoms with E-state index in [4.69, 9.17) is 4.42 Å². The highest BCUT2D eigenvalue weighted by Gasteiger charge is 2.33. The van der Waals surface area contributed by atoms with Gasteiger partial charge in [-0.3, -0.25) is 14.6 Å². The number of ketones is 1. The lowest BCUT2D eigenvalue weighted by atomic mass is 10.1. The van der Waals surface area contributed by atoms with E-state index in [1.807, 2.05) is 4.72 Å². The highest BCUT2D eigenvalue weighted by Crippen LogP contribution is 2.21. The maximum atomic E-state index is 12.9. The topological polar surface area (TPSA) is 187 Å². The number of nitrogens with zero attached hydrogens (tertiary/aromatic N) is 1. The summed E-state index contributed by atoms with van der Waals surface area (Å²) in [5, 5.41) is -0.408. The largest absolute Gasteiger partial charge is 0.453 e. The Morgan fingerprint density at radius 3 is 2.29 bits per heavy atom. The van der Waals surface area contributed by atoms with Crippen LogP contribution in [0.3, 0.4) is 0 Å². The molecule has 2 aromatic heterocycles. The van der Waals surface area contributed by atoms with E-state index < -0.39 is 64.2 Å². The number of hydrogen-bond donors (Lipinski definition) is 2. The predicted octanol–water partition coefficient (Wildman–Crippen LogP) is 0.810. The molecule has 1 amide bonds. The zero-order valence-electron chi connectivity index (χ0n) is 20.5. The van der Waals surface area contributed by atoms with Crippen molar-refractivity contribution in [3.8, 4) is 0 Å². The SMILES string of the molecule is CS(=O)(=O)NC(CC(=O)NCCC(C(=O)c1cc2cnccc2o1)S(C)(=O)=O)S(=O)(=O)Cc1ccccc1. The Morgan fingerprint density at radius 1 is 1.00 bits per heavy atom. The van der Waals surface area contributed by atoms with Gasteiger partial charge in [-0.25, -0.2) is 25.3 Å². The summed E-state index contributed by atoms with van der Waals surface area (Å²) < 4.78 is 81.5. The van der Waals surface area contributed by atoms with Gasteiger partial charge >= 0.3 is 0 Å². The van der Waals surface area contributed by atoms with Gasteiger partial charge in [0.2, 0.25) is 21.7 Å². The Kier molecular flexibility index (Phi) is 9.07. The summed E-state index contributed by atoms with van der Waals surface area (Å²) in [5.41, 5.74) is 0.758. The normalized spacial score (nSPS) is 14.2. The van der Waals surface area contributed by atoms with Crippen molar-refractivity contribution in [1.29, 1.82) is 0 Å². The molecule has 0 aliphatic rings. The number of nitrogens with one attached hydrogen (secondary N) is 2. The third kappa shape index (κ3) is 8.18. The molecule has 1 aromatic carbocycles. The van der Waals surface area contributed by atoms with Crippen molar-refractivity contribution >= 4 is 52.4 Å². The van der Waals surface area contributed by atoms with Crippen molar-refractivity contribution in [2.75, 3.05) is 19.1 Å². The fourth-order valence-electron chi connectivity index (χ4n) is 3.68. The smallest absolute Gasteiger partial charge is 0.222 e. The second-order valence-electron chi connectivity index (χ2n) is 8.72. The zero-order chi connectivity index (χ0) is 28.1. The maximum absolute atomic E-state index is 12.9. The highest BCUT2D eigenvalue weighted by molar-refractivity contribution is 7.93. The number of carbonyl (C=O) groups is 2. The number of aromatic nitrogens is 1. The first-order valence-corrected chi connectivity index (χ1v) is 16.8. The summed E-state index contributed by atoms with van der Waals surface area (Å²) in [4.78, 5) is 29.4. The summed E-state index contributed by atoms with van der Waals surface area (Å²) in [6.45, 7) is -0.297. The van der Waals surface area contributed by atoms with E-state index in [1.54, 1.807) is 30.3 Å². The van der Waals surface area contributed by atoms with E-state index in [0.717, 1.165) is 12.5 Å². The molecule has 3 rings (SSSR count). The van der Waals surface area contributed by atoms with Crippen LogP contribution in [0, 0.1) is 0 Å². The van der Waals surface area contributed by atoms with Crippen LogP contribution in [0.1, 0.15) is 29.0 Å². The Labute approximate surface area is 220 Å². The molecular weight excluding hydrogens is 558 g/mol. The molecule has 0 saturated heterocycles. The lowest BCUT2D eigenvalue weighted by molar-refractivity contribution is -0.121. The van der Waals surface area contributed by atoms with Crippen molar-refractivity contribution in [3.05, 3.63) is 66.2 Å². The maximum Gasteiger partial charge on any atom is 0.222 e. The second-order valence-corrected chi connectivity index (χ2v) is 14.9. The van der Waals surface area contributed by atoms with Crippen molar-refractivity contribution < 1.29 is 39.3 Å². The predicted molar refractivity (Wildman–Crippen MR) is 140 cm³/mol. The number of sulfonamides is 1. The van der Waals surface area contributed by atoms with Gasteiger partial charge in [0.15, 0.2) is 25.4 Å². The molecule has 206 valence electrons. The second kappa shape index (κ2) is 11.7. The first-order valence-electron chi connectivity index (χ1n) is 11.2. The van der Waals surface area contributed by atoms with E-state index >= 15 is 0 Å². The number of hydrogen-bond acceptors (Lipinski definition) is 10. The first-order chi connectivity index (χ1) is 17.7. The van der Waals surface area contributed by atoms with Crippen LogP contribution in [0.25, 0.3) is 11.0 Å². The Hall–Kier alpha value is -3.14. The summed E-state index contributed by atoms with van der Waals surface area (Å²) in [6.07, 6.45) is 3.49. The molecule has 0 saturated carbocycles. The van der Waals surface area contributed by atoms with Crippen molar-refractivity contribution in [3.63, 3.8) is 0 Å². The summed E-state index contributed by atoms with van der Waals surface area (Å²) in [6, 6.07) is 10.9. The Morgan fingerprint density at radius 2 is 1.68 bits per heavy atom. The number of sulfone groups is 2. The number of carbonyl (C=O) groups excluding carboxylic acids is 2. The molecule has 0 fully saturated rings. The number of Topliss-reactive ketones (excluding diaryl/α,β-unsaturated/α-hetero) is 1. The third-order valence-electron chi connectivity index (χ3n) is 5.46. The number of furan rings is 1. The molecule has 38 heavy (non-hydrogen) atoms.